The third-order valence-corrected chi connectivity index (χ3v) is 5.40. The van der Waals surface area contributed by atoms with Gasteiger partial charge in [-0.25, -0.2) is 0 Å². The highest BCUT2D eigenvalue weighted by Gasteiger charge is 2.24. The van der Waals surface area contributed by atoms with Crippen LogP contribution in [-0.2, 0) is 6.42 Å². The highest BCUT2D eigenvalue weighted by Crippen LogP contribution is 2.31. The molecule has 1 heterocycles. The quantitative estimate of drug-likeness (QED) is 0.906. The first kappa shape index (κ1) is 16.2. The molecule has 1 aliphatic carbocycles. The van der Waals surface area contributed by atoms with Crippen LogP contribution in [0.25, 0.3) is 0 Å². The molecule has 0 aromatic heterocycles. The molecule has 0 bridgehead atoms. The lowest BCUT2D eigenvalue weighted by molar-refractivity contribution is 0.0936. The van der Waals surface area contributed by atoms with Crippen molar-refractivity contribution in [1.29, 1.82) is 0 Å². The summed E-state index contributed by atoms with van der Waals surface area (Å²) in [5, 5.41) is 12.8. The van der Waals surface area contributed by atoms with Gasteiger partial charge in [-0.2, -0.15) is 0 Å². The van der Waals surface area contributed by atoms with E-state index in [1.165, 1.54) is 11.1 Å². The van der Waals surface area contributed by atoms with Gasteiger partial charge in [0.25, 0.3) is 5.91 Å². The summed E-state index contributed by atoms with van der Waals surface area (Å²) >= 11 is 0. The average Bonchev–Trinajstić information content (AvgIpc) is 3.06. The Kier molecular flexibility index (Phi) is 4.45. The number of hydrogen-bond acceptors (Lipinski definition) is 3. The van der Waals surface area contributed by atoms with Crippen molar-refractivity contribution in [2.75, 3.05) is 18.0 Å². The molecule has 4 heteroatoms. The number of carbonyl (C=O) groups excluding carboxylic acids is 1. The molecule has 130 valence electrons. The third kappa shape index (κ3) is 3.40. The van der Waals surface area contributed by atoms with Crippen LogP contribution < -0.4 is 10.2 Å². The fourth-order valence-corrected chi connectivity index (χ4v) is 3.90. The van der Waals surface area contributed by atoms with E-state index in [2.05, 4.69) is 28.4 Å². The van der Waals surface area contributed by atoms with Crippen molar-refractivity contribution in [1.82, 2.24) is 5.32 Å². The molecule has 2 N–H and O–H groups in total. The molecule has 0 saturated carbocycles. The lowest BCUT2D eigenvalue weighted by atomic mass is 10.1. The minimum atomic E-state index is -0.171. The molecule has 2 aromatic carbocycles. The van der Waals surface area contributed by atoms with E-state index in [1.54, 1.807) is 0 Å². The zero-order chi connectivity index (χ0) is 17.2. The number of fused-ring (bicyclic) bond motifs is 1. The largest absolute Gasteiger partial charge is 0.393 e. The Morgan fingerprint density at radius 1 is 1.00 bits per heavy atom. The first-order valence-electron chi connectivity index (χ1n) is 9.12. The summed E-state index contributed by atoms with van der Waals surface area (Å²) in [5.41, 5.74) is 4.41. The summed E-state index contributed by atoms with van der Waals surface area (Å²) in [4.78, 5) is 14.8. The lowest BCUT2D eigenvalue weighted by Gasteiger charge is -2.31. The maximum Gasteiger partial charge on any atom is 0.251 e. The van der Waals surface area contributed by atoms with E-state index in [4.69, 9.17) is 0 Å². The minimum absolute atomic E-state index is 0.0117. The van der Waals surface area contributed by atoms with Gasteiger partial charge in [-0.05, 0) is 61.1 Å². The molecule has 4 nitrogen and oxygen atoms in total. The predicted molar refractivity (Wildman–Crippen MR) is 98.9 cm³/mol. The van der Waals surface area contributed by atoms with Gasteiger partial charge in [0, 0.05) is 24.3 Å². The smallest absolute Gasteiger partial charge is 0.251 e. The second-order valence-electron chi connectivity index (χ2n) is 7.03. The summed E-state index contributed by atoms with van der Waals surface area (Å²) < 4.78 is 0. The van der Waals surface area contributed by atoms with Crippen LogP contribution in [0.5, 0.6) is 0 Å². The Balaban J connectivity index is 1.41. The number of rotatable bonds is 3. The van der Waals surface area contributed by atoms with Crippen LogP contribution >= 0.6 is 0 Å². The molecule has 2 aromatic rings. The number of aliphatic hydroxyl groups is 1. The van der Waals surface area contributed by atoms with Crippen molar-refractivity contribution < 1.29 is 9.90 Å². The fraction of sp³-hybridized carbons (Fsp3) is 0.381. The summed E-state index contributed by atoms with van der Waals surface area (Å²) in [6, 6.07) is 16.3. The Labute approximate surface area is 148 Å². The van der Waals surface area contributed by atoms with Crippen LogP contribution in [0.1, 0.15) is 46.8 Å². The van der Waals surface area contributed by atoms with Gasteiger partial charge in [0.15, 0.2) is 0 Å². The molecule has 1 fully saturated rings. The number of piperidine rings is 1. The minimum Gasteiger partial charge on any atom is -0.393 e. The normalized spacial score (nSPS) is 20.4. The van der Waals surface area contributed by atoms with Crippen molar-refractivity contribution >= 4 is 11.6 Å². The van der Waals surface area contributed by atoms with Crippen LogP contribution in [0.2, 0.25) is 0 Å². The number of aliphatic hydroxyl groups excluding tert-OH is 1. The molecule has 2 aliphatic rings. The first-order valence-corrected chi connectivity index (χ1v) is 9.12. The molecule has 1 aliphatic heterocycles. The van der Waals surface area contributed by atoms with E-state index in [9.17, 15) is 9.90 Å². The van der Waals surface area contributed by atoms with Gasteiger partial charge in [0.1, 0.15) is 0 Å². The van der Waals surface area contributed by atoms with Crippen molar-refractivity contribution in [2.45, 2.75) is 37.8 Å². The number of hydrogen-bond donors (Lipinski definition) is 2. The number of nitrogens with zero attached hydrogens (tertiary/aromatic N) is 1. The SMILES string of the molecule is O=C(NC1CCc2ccccc21)c1ccc(N2CCC(O)CC2)cc1. The molecular formula is C21H24N2O2. The van der Waals surface area contributed by atoms with Gasteiger partial charge >= 0.3 is 0 Å². The zero-order valence-electron chi connectivity index (χ0n) is 14.3. The van der Waals surface area contributed by atoms with Crippen LogP contribution in [0.15, 0.2) is 48.5 Å². The summed E-state index contributed by atoms with van der Waals surface area (Å²) in [6.45, 7) is 1.73. The molecule has 4 rings (SSSR count). The summed E-state index contributed by atoms with van der Waals surface area (Å²) in [6.07, 6.45) is 3.45. The molecule has 1 amide bonds. The Morgan fingerprint density at radius 3 is 2.48 bits per heavy atom. The van der Waals surface area contributed by atoms with Crippen LogP contribution in [0, 0.1) is 0 Å². The average molecular weight is 336 g/mol. The van der Waals surface area contributed by atoms with Gasteiger partial charge < -0.3 is 15.3 Å². The van der Waals surface area contributed by atoms with Crippen molar-refractivity contribution in [3.8, 4) is 0 Å². The monoisotopic (exact) mass is 336 g/mol. The fourth-order valence-electron chi connectivity index (χ4n) is 3.90. The topological polar surface area (TPSA) is 52.6 Å². The number of amides is 1. The van der Waals surface area contributed by atoms with Crippen LogP contribution in [0.3, 0.4) is 0 Å². The van der Waals surface area contributed by atoms with Gasteiger partial charge in [-0.3, -0.25) is 4.79 Å². The molecule has 1 atom stereocenters. The van der Waals surface area contributed by atoms with Crippen LogP contribution in [-0.4, -0.2) is 30.2 Å². The zero-order valence-corrected chi connectivity index (χ0v) is 14.3. The van der Waals surface area contributed by atoms with Crippen molar-refractivity contribution in [3.05, 3.63) is 65.2 Å². The number of benzene rings is 2. The van der Waals surface area contributed by atoms with E-state index in [0.717, 1.165) is 44.5 Å². The van der Waals surface area contributed by atoms with E-state index in [0.29, 0.717) is 5.56 Å². The number of aryl methyl sites for hydroxylation is 1. The Bertz CT molecular complexity index is 749. The second-order valence-corrected chi connectivity index (χ2v) is 7.03. The Morgan fingerprint density at radius 2 is 1.72 bits per heavy atom. The number of anilines is 1. The molecule has 1 saturated heterocycles. The first-order chi connectivity index (χ1) is 12.2. The molecule has 0 radical (unpaired) electrons. The maximum atomic E-state index is 12.6. The van der Waals surface area contributed by atoms with Gasteiger partial charge in [-0.1, -0.05) is 24.3 Å². The number of nitrogens with one attached hydrogen (secondary N) is 1. The van der Waals surface area contributed by atoms with Crippen LogP contribution in [0.4, 0.5) is 5.69 Å². The highest BCUT2D eigenvalue weighted by molar-refractivity contribution is 5.94. The molecule has 0 spiro atoms. The second kappa shape index (κ2) is 6.89. The van der Waals surface area contributed by atoms with Crippen molar-refractivity contribution in [3.63, 3.8) is 0 Å². The Hall–Kier alpha value is -2.33. The van der Waals surface area contributed by atoms with Gasteiger partial charge in [0.2, 0.25) is 0 Å². The highest BCUT2D eigenvalue weighted by atomic mass is 16.3. The lowest BCUT2D eigenvalue weighted by Crippen LogP contribution is -2.35. The molecule has 25 heavy (non-hydrogen) atoms. The van der Waals surface area contributed by atoms with Crippen molar-refractivity contribution in [2.24, 2.45) is 0 Å². The molecule has 1 unspecified atom stereocenters. The van der Waals surface area contributed by atoms with Gasteiger partial charge in [0.05, 0.1) is 12.1 Å². The van der Waals surface area contributed by atoms with E-state index >= 15 is 0 Å². The van der Waals surface area contributed by atoms with E-state index < -0.39 is 0 Å². The predicted octanol–water partition coefficient (Wildman–Crippen LogP) is 3.07. The van der Waals surface area contributed by atoms with Gasteiger partial charge in [-0.15, -0.1) is 0 Å². The maximum absolute atomic E-state index is 12.6. The summed E-state index contributed by atoms with van der Waals surface area (Å²) in [7, 11) is 0. The molecular weight excluding hydrogens is 312 g/mol. The standard InChI is InChI=1S/C21H24N2O2/c24-18-11-13-23(14-12-18)17-8-5-16(6-9-17)21(25)22-20-10-7-15-3-1-2-4-19(15)20/h1-6,8-9,18,20,24H,7,10-14H2,(H,22,25). The third-order valence-electron chi connectivity index (χ3n) is 5.40. The summed E-state index contributed by atoms with van der Waals surface area (Å²) in [5.74, 6) is -0.0117. The van der Waals surface area contributed by atoms with E-state index in [1.807, 2.05) is 30.3 Å². The van der Waals surface area contributed by atoms with E-state index in [-0.39, 0.29) is 18.1 Å². The number of carbonyl (C=O) groups is 1.